The molecule has 0 spiro atoms. The topological polar surface area (TPSA) is 20.3 Å². The standard InChI is InChI=1S/C11H11F2NO/c1-14-10(4-5-11(14)15)7-2-3-8(12)9(13)6-7/h2-3,6,10H,4-5H2,1H3/t10-/m1/s1. The zero-order valence-electron chi connectivity index (χ0n) is 8.34. The molecule has 0 radical (unpaired) electrons. The Morgan fingerprint density at radius 2 is 2.07 bits per heavy atom. The Morgan fingerprint density at radius 1 is 1.33 bits per heavy atom. The summed E-state index contributed by atoms with van der Waals surface area (Å²) < 4.78 is 25.7. The number of carbonyl (C=O) groups is 1. The second kappa shape index (κ2) is 3.61. The van der Waals surface area contributed by atoms with Crippen LogP contribution in [-0.2, 0) is 4.79 Å². The largest absolute Gasteiger partial charge is 0.339 e. The van der Waals surface area contributed by atoms with Gasteiger partial charge in [0.25, 0.3) is 0 Å². The van der Waals surface area contributed by atoms with Crippen molar-refractivity contribution in [2.75, 3.05) is 7.05 Å². The lowest BCUT2D eigenvalue weighted by molar-refractivity contribution is -0.127. The highest BCUT2D eigenvalue weighted by Crippen LogP contribution is 2.31. The van der Waals surface area contributed by atoms with Gasteiger partial charge in [-0.25, -0.2) is 8.78 Å². The van der Waals surface area contributed by atoms with Crippen LogP contribution in [0.1, 0.15) is 24.4 Å². The molecular weight excluding hydrogens is 200 g/mol. The molecule has 2 rings (SSSR count). The molecule has 1 amide bonds. The molecule has 4 heteroatoms. The van der Waals surface area contributed by atoms with Gasteiger partial charge in [-0.2, -0.15) is 0 Å². The van der Waals surface area contributed by atoms with Crippen molar-refractivity contribution in [3.05, 3.63) is 35.4 Å². The van der Waals surface area contributed by atoms with Crippen LogP contribution in [0.5, 0.6) is 0 Å². The molecule has 80 valence electrons. The van der Waals surface area contributed by atoms with Crippen LogP contribution in [-0.4, -0.2) is 17.9 Å². The van der Waals surface area contributed by atoms with Crippen molar-refractivity contribution in [2.45, 2.75) is 18.9 Å². The molecule has 2 nitrogen and oxygen atoms in total. The van der Waals surface area contributed by atoms with Crippen molar-refractivity contribution in [1.29, 1.82) is 0 Å². The second-order valence-corrected chi connectivity index (χ2v) is 3.73. The number of carbonyl (C=O) groups excluding carboxylic acids is 1. The Morgan fingerprint density at radius 3 is 2.60 bits per heavy atom. The summed E-state index contributed by atoms with van der Waals surface area (Å²) >= 11 is 0. The van der Waals surface area contributed by atoms with Gasteiger partial charge in [-0.3, -0.25) is 4.79 Å². The molecule has 0 saturated carbocycles. The Hall–Kier alpha value is -1.45. The van der Waals surface area contributed by atoms with E-state index in [-0.39, 0.29) is 11.9 Å². The normalized spacial score (nSPS) is 21.1. The molecule has 1 aliphatic rings. The minimum Gasteiger partial charge on any atom is -0.339 e. The molecule has 0 bridgehead atoms. The average Bonchev–Trinajstić information content (AvgIpc) is 2.53. The Kier molecular flexibility index (Phi) is 2.42. The third kappa shape index (κ3) is 1.71. The van der Waals surface area contributed by atoms with Crippen LogP contribution in [0.2, 0.25) is 0 Å². The highest BCUT2D eigenvalue weighted by Gasteiger charge is 2.29. The predicted molar refractivity (Wildman–Crippen MR) is 51.1 cm³/mol. The lowest BCUT2D eigenvalue weighted by Gasteiger charge is -2.20. The first-order valence-electron chi connectivity index (χ1n) is 4.80. The molecule has 0 aliphatic carbocycles. The summed E-state index contributed by atoms with van der Waals surface area (Å²) in [5.41, 5.74) is 0.655. The van der Waals surface area contributed by atoms with Crippen LogP contribution < -0.4 is 0 Å². The first kappa shape index (κ1) is 10.1. The van der Waals surface area contributed by atoms with Gasteiger partial charge in [-0.05, 0) is 24.1 Å². The maximum absolute atomic E-state index is 13.0. The number of benzene rings is 1. The fourth-order valence-electron chi connectivity index (χ4n) is 1.91. The third-order valence-electron chi connectivity index (χ3n) is 2.82. The highest BCUT2D eigenvalue weighted by molar-refractivity contribution is 5.78. The monoisotopic (exact) mass is 211 g/mol. The van der Waals surface area contributed by atoms with Crippen molar-refractivity contribution in [2.24, 2.45) is 0 Å². The quantitative estimate of drug-likeness (QED) is 0.697. The van der Waals surface area contributed by atoms with Crippen molar-refractivity contribution in [3.8, 4) is 0 Å². The number of nitrogens with zero attached hydrogens (tertiary/aromatic N) is 1. The molecule has 15 heavy (non-hydrogen) atoms. The maximum atomic E-state index is 13.0. The third-order valence-corrected chi connectivity index (χ3v) is 2.82. The van der Waals surface area contributed by atoms with Crippen molar-refractivity contribution in [3.63, 3.8) is 0 Å². The number of hydrogen-bond donors (Lipinski definition) is 0. The first-order chi connectivity index (χ1) is 7.09. The van der Waals surface area contributed by atoms with E-state index in [0.717, 1.165) is 12.1 Å². The molecule has 0 unspecified atom stereocenters. The fraction of sp³-hybridized carbons (Fsp3) is 0.364. The van der Waals surface area contributed by atoms with E-state index in [1.807, 2.05) is 0 Å². The zero-order valence-corrected chi connectivity index (χ0v) is 8.34. The van der Waals surface area contributed by atoms with Crippen LogP contribution in [0, 0.1) is 11.6 Å². The summed E-state index contributed by atoms with van der Waals surface area (Å²) in [6, 6.07) is 3.67. The van der Waals surface area contributed by atoms with E-state index < -0.39 is 11.6 Å². The van der Waals surface area contributed by atoms with Crippen LogP contribution >= 0.6 is 0 Å². The van der Waals surface area contributed by atoms with Crippen LogP contribution in [0.3, 0.4) is 0 Å². The van der Waals surface area contributed by atoms with Gasteiger partial charge < -0.3 is 4.90 Å². The Labute approximate surface area is 86.5 Å². The average molecular weight is 211 g/mol. The molecule has 1 atom stereocenters. The van der Waals surface area contributed by atoms with Crippen LogP contribution in [0.15, 0.2) is 18.2 Å². The molecule has 1 aromatic carbocycles. The van der Waals surface area contributed by atoms with Gasteiger partial charge in [0.1, 0.15) is 0 Å². The number of halogens is 2. The van der Waals surface area contributed by atoms with Crippen molar-refractivity contribution < 1.29 is 13.6 Å². The number of rotatable bonds is 1. The summed E-state index contributed by atoms with van der Waals surface area (Å²) in [5.74, 6) is -1.67. The van der Waals surface area contributed by atoms with Gasteiger partial charge in [-0.15, -0.1) is 0 Å². The summed E-state index contributed by atoms with van der Waals surface area (Å²) in [7, 11) is 1.68. The van der Waals surface area contributed by atoms with Gasteiger partial charge in [0.15, 0.2) is 11.6 Å². The van der Waals surface area contributed by atoms with Gasteiger partial charge >= 0.3 is 0 Å². The summed E-state index contributed by atoms with van der Waals surface area (Å²) in [4.78, 5) is 12.8. The Bertz CT molecular complexity index is 406. The van der Waals surface area contributed by atoms with Crippen LogP contribution in [0.4, 0.5) is 8.78 Å². The van der Waals surface area contributed by atoms with Gasteiger partial charge in [-0.1, -0.05) is 6.07 Å². The fourth-order valence-corrected chi connectivity index (χ4v) is 1.91. The minimum absolute atomic E-state index is 0.0460. The van der Waals surface area contributed by atoms with E-state index in [1.165, 1.54) is 6.07 Å². The predicted octanol–water partition coefficient (Wildman–Crippen LogP) is 2.26. The lowest BCUT2D eigenvalue weighted by atomic mass is 10.0. The van der Waals surface area contributed by atoms with E-state index in [9.17, 15) is 13.6 Å². The van der Waals surface area contributed by atoms with Gasteiger partial charge in [0.2, 0.25) is 5.91 Å². The minimum atomic E-state index is -0.861. The number of amides is 1. The second-order valence-electron chi connectivity index (χ2n) is 3.73. The van der Waals surface area contributed by atoms with E-state index in [0.29, 0.717) is 18.4 Å². The number of likely N-dealkylation sites (tertiary alicyclic amines) is 1. The molecule has 0 N–H and O–H groups in total. The zero-order chi connectivity index (χ0) is 11.0. The number of hydrogen-bond acceptors (Lipinski definition) is 1. The molecule has 1 aliphatic heterocycles. The lowest BCUT2D eigenvalue weighted by Crippen LogP contribution is -2.22. The molecular formula is C11H11F2NO. The Balaban J connectivity index is 2.30. The van der Waals surface area contributed by atoms with E-state index in [1.54, 1.807) is 11.9 Å². The van der Waals surface area contributed by atoms with E-state index >= 15 is 0 Å². The summed E-state index contributed by atoms with van der Waals surface area (Å²) in [6.45, 7) is 0. The first-order valence-corrected chi connectivity index (χ1v) is 4.80. The maximum Gasteiger partial charge on any atom is 0.222 e. The SMILES string of the molecule is CN1C(=O)CC[C@@H]1c1ccc(F)c(F)c1. The molecule has 1 heterocycles. The molecule has 1 fully saturated rings. The molecule has 1 saturated heterocycles. The van der Waals surface area contributed by atoms with E-state index in [2.05, 4.69) is 0 Å². The van der Waals surface area contributed by atoms with Crippen LogP contribution in [0.25, 0.3) is 0 Å². The summed E-state index contributed by atoms with van der Waals surface area (Å²) in [6.07, 6.45) is 1.14. The van der Waals surface area contributed by atoms with Gasteiger partial charge in [0, 0.05) is 13.5 Å². The van der Waals surface area contributed by atoms with Gasteiger partial charge in [0.05, 0.1) is 6.04 Å². The smallest absolute Gasteiger partial charge is 0.222 e. The molecule has 0 aromatic heterocycles. The molecule has 1 aromatic rings. The summed E-state index contributed by atoms with van der Waals surface area (Å²) in [5, 5.41) is 0. The van der Waals surface area contributed by atoms with E-state index in [4.69, 9.17) is 0 Å². The van der Waals surface area contributed by atoms with Crippen molar-refractivity contribution >= 4 is 5.91 Å². The highest BCUT2D eigenvalue weighted by atomic mass is 19.2. The van der Waals surface area contributed by atoms with Crippen molar-refractivity contribution in [1.82, 2.24) is 4.90 Å².